The average Bonchev–Trinajstić information content (AvgIpc) is 3.01. The van der Waals surface area contributed by atoms with Crippen molar-refractivity contribution < 1.29 is 8.42 Å². The standard InChI is InChI=1S/C20H19ClN2O2S/c1-15-5-8-18(9-6-15)26(24,25)23-14-17(4-2-3-11-21)19-12-16(13-22)7-10-20(19)23/h5-10,12,14H,2-4,11H2,1H3. The predicted molar refractivity (Wildman–Crippen MR) is 104 cm³/mol. The Morgan fingerprint density at radius 1 is 1.12 bits per heavy atom. The van der Waals surface area contributed by atoms with Gasteiger partial charge in [0, 0.05) is 17.5 Å². The molecule has 3 rings (SSSR count). The van der Waals surface area contributed by atoms with Crippen molar-refractivity contribution in [3.63, 3.8) is 0 Å². The Labute approximate surface area is 158 Å². The monoisotopic (exact) mass is 386 g/mol. The van der Waals surface area contributed by atoms with E-state index in [1.54, 1.807) is 48.7 Å². The largest absolute Gasteiger partial charge is 0.268 e. The SMILES string of the molecule is Cc1ccc(S(=O)(=O)n2cc(CCCCCl)c3cc(C#N)ccc32)cc1. The molecule has 0 saturated heterocycles. The molecule has 0 saturated carbocycles. The molecule has 0 N–H and O–H groups in total. The number of fused-ring (bicyclic) bond motifs is 1. The van der Waals surface area contributed by atoms with Crippen LogP contribution in [0.1, 0.15) is 29.5 Å². The molecule has 4 nitrogen and oxygen atoms in total. The molecular weight excluding hydrogens is 368 g/mol. The van der Waals surface area contributed by atoms with Gasteiger partial charge in [-0.2, -0.15) is 5.26 Å². The number of halogens is 1. The Morgan fingerprint density at radius 2 is 1.85 bits per heavy atom. The zero-order valence-electron chi connectivity index (χ0n) is 14.4. The summed E-state index contributed by atoms with van der Waals surface area (Å²) in [6, 6.07) is 14.0. The Kier molecular flexibility index (Phi) is 5.36. The minimum atomic E-state index is -3.70. The summed E-state index contributed by atoms with van der Waals surface area (Å²) in [4.78, 5) is 0.247. The number of nitrogens with zero attached hydrogens (tertiary/aromatic N) is 2. The minimum absolute atomic E-state index is 0.247. The van der Waals surface area contributed by atoms with Crippen molar-refractivity contribution in [2.45, 2.75) is 31.1 Å². The van der Waals surface area contributed by atoms with Gasteiger partial charge in [0.15, 0.2) is 0 Å². The number of rotatable bonds is 6. The smallest absolute Gasteiger partial charge is 0.241 e. The molecule has 0 aliphatic carbocycles. The molecule has 0 fully saturated rings. The van der Waals surface area contributed by atoms with Crippen molar-refractivity contribution in [3.05, 3.63) is 65.4 Å². The van der Waals surface area contributed by atoms with Gasteiger partial charge < -0.3 is 0 Å². The molecule has 2 aromatic carbocycles. The lowest BCUT2D eigenvalue weighted by atomic mass is 10.1. The highest BCUT2D eigenvalue weighted by Gasteiger charge is 2.21. The van der Waals surface area contributed by atoms with Gasteiger partial charge in [0.05, 0.1) is 22.0 Å². The maximum absolute atomic E-state index is 13.1. The normalized spacial score (nSPS) is 11.6. The molecule has 0 aliphatic rings. The number of unbranched alkanes of at least 4 members (excludes halogenated alkanes) is 1. The summed E-state index contributed by atoms with van der Waals surface area (Å²) in [5, 5.41) is 9.98. The van der Waals surface area contributed by atoms with Gasteiger partial charge in [-0.3, -0.25) is 0 Å². The third-order valence-corrected chi connectivity index (χ3v) is 6.34. The first-order valence-corrected chi connectivity index (χ1v) is 10.4. The molecule has 6 heteroatoms. The fourth-order valence-electron chi connectivity index (χ4n) is 2.97. The summed E-state index contributed by atoms with van der Waals surface area (Å²) in [6.45, 7) is 1.92. The van der Waals surface area contributed by atoms with Crippen molar-refractivity contribution in [1.29, 1.82) is 5.26 Å². The predicted octanol–water partition coefficient (Wildman–Crippen LogP) is 4.62. The topological polar surface area (TPSA) is 62.9 Å². The van der Waals surface area contributed by atoms with Crippen LogP contribution in [0, 0.1) is 18.3 Å². The lowest BCUT2D eigenvalue weighted by Crippen LogP contribution is -2.11. The Balaban J connectivity index is 2.16. The number of aryl methyl sites for hydroxylation is 2. The van der Waals surface area contributed by atoms with E-state index in [1.807, 2.05) is 6.92 Å². The van der Waals surface area contributed by atoms with Gasteiger partial charge in [0.25, 0.3) is 10.0 Å². The first-order valence-electron chi connectivity index (χ1n) is 8.39. The summed E-state index contributed by atoms with van der Waals surface area (Å²) in [5.41, 5.74) is 3.02. The molecule has 0 bridgehead atoms. The molecular formula is C20H19ClN2O2S. The highest BCUT2D eigenvalue weighted by molar-refractivity contribution is 7.90. The third-order valence-electron chi connectivity index (χ3n) is 4.39. The van der Waals surface area contributed by atoms with E-state index in [4.69, 9.17) is 11.6 Å². The van der Waals surface area contributed by atoms with E-state index < -0.39 is 10.0 Å². The number of nitriles is 1. The van der Waals surface area contributed by atoms with Crippen molar-refractivity contribution >= 4 is 32.5 Å². The molecule has 0 amide bonds. The number of alkyl halides is 1. The van der Waals surface area contributed by atoms with Crippen LogP contribution in [-0.4, -0.2) is 18.3 Å². The molecule has 0 unspecified atom stereocenters. The summed E-state index contributed by atoms with van der Waals surface area (Å²) >= 11 is 5.76. The quantitative estimate of drug-likeness (QED) is 0.458. The molecule has 0 atom stereocenters. The lowest BCUT2D eigenvalue weighted by Gasteiger charge is -2.08. The molecule has 26 heavy (non-hydrogen) atoms. The summed E-state index contributed by atoms with van der Waals surface area (Å²) < 4.78 is 27.6. The van der Waals surface area contributed by atoms with Gasteiger partial charge in [-0.25, -0.2) is 12.4 Å². The Bertz CT molecular complexity index is 1080. The van der Waals surface area contributed by atoms with E-state index in [0.29, 0.717) is 23.4 Å². The van der Waals surface area contributed by atoms with Crippen LogP contribution >= 0.6 is 11.6 Å². The molecule has 3 aromatic rings. The van der Waals surface area contributed by atoms with Gasteiger partial charge in [-0.1, -0.05) is 17.7 Å². The second-order valence-corrected chi connectivity index (χ2v) is 8.45. The minimum Gasteiger partial charge on any atom is -0.241 e. The van der Waals surface area contributed by atoms with E-state index in [1.165, 1.54) is 3.97 Å². The third kappa shape index (κ3) is 3.48. The van der Waals surface area contributed by atoms with Crippen LogP contribution in [0.4, 0.5) is 0 Å². The highest BCUT2D eigenvalue weighted by Crippen LogP contribution is 2.28. The van der Waals surface area contributed by atoms with Gasteiger partial charge in [0.2, 0.25) is 0 Å². The van der Waals surface area contributed by atoms with Crippen molar-refractivity contribution in [2.24, 2.45) is 0 Å². The summed E-state index contributed by atoms with van der Waals surface area (Å²) in [6.07, 6.45) is 4.12. The Morgan fingerprint density at radius 3 is 2.50 bits per heavy atom. The zero-order valence-corrected chi connectivity index (χ0v) is 16.0. The second kappa shape index (κ2) is 7.53. The fraction of sp³-hybridized carbons (Fsp3) is 0.250. The van der Waals surface area contributed by atoms with Crippen molar-refractivity contribution in [2.75, 3.05) is 5.88 Å². The first-order chi connectivity index (χ1) is 12.5. The van der Waals surface area contributed by atoms with E-state index in [0.717, 1.165) is 29.4 Å². The molecule has 134 valence electrons. The molecule has 1 heterocycles. The van der Waals surface area contributed by atoms with Gasteiger partial charge in [-0.05, 0) is 62.1 Å². The van der Waals surface area contributed by atoms with Crippen LogP contribution in [0.3, 0.4) is 0 Å². The van der Waals surface area contributed by atoms with E-state index in [2.05, 4.69) is 6.07 Å². The van der Waals surface area contributed by atoms with Gasteiger partial charge >= 0.3 is 0 Å². The number of benzene rings is 2. The van der Waals surface area contributed by atoms with Gasteiger partial charge in [0.1, 0.15) is 0 Å². The van der Waals surface area contributed by atoms with E-state index in [-0.39, 0.29) is 4.90 Å². The summed E-state index contributed by atoms with van der Waals surface area (Å²) in [5.74, 6) is 0.573. The maximum Gasteiger partial charge on any atom is 0.268 e. The van der Waals surface area contributed by atoms with Gasteiger partial charge in [-0.15, -0.1) is 11.6 Å². The first kappa shape index (κ1) is 18.5. The maximum atomic E-state index is 13.1. The number of hydrogen-bond donors (Lipinski definition) is 0. The molecule has 0 radical (unpaired) electrons. The van der Waals surface area contributed by atoms with Crippen LogP contribution < -0.4 is 0 Å². The highest BCUT2D eigenvalue weighted by atomic mass is 35.5. The fourth-order valence-corrected chi connectivity index (χ4v) is 4.55. The molecule has 0 spiro atoms. The molecule has 1 aromatic heterocycles. The van der Waals surface area contributed by atoms with Crippen LogP contribution in [-0.2, 0) is 16.4 Å². The number of aromatic nitrogens is 1. The Hall–Kier alpha value is -2.29. The lowest BCUT2D eigenvalue weighted by molar-refractivity contribution is 0.589. The number of hydrogen-bond acceptors (Lipinski definition) is 3. The van der Waals surface area contributed by atoms with Crippen LogP contribution in [0.2, 0.25) is 0 Å². The second-order valence-electron chi connectivity index (χ2n) is 6.26. The zero-order chi connectivity index (χ0) is 18.7. The van der Waals surface area contributed by atoms with Crippen LogP contribution in [0.25, 0.3) is 10.9 Å². The molecule has 0 aliphatic heterocycles. The van der Waals surface area contributed by atoms with E-state index in [9.17, 15) is 13.7 Å². The average molecular weight is 387 g/mol. The van der Waals surface area contributed by atoms with Crippen molar-refractivity contribution in [1.82, 2.24) is 3.97 Å². The van der Waals surface area contributed by atoms with Crippen LogP contribution in [0.5, 0.6) is 0 Å². The van der Waals surface area contributed by atoms with Crippen molar-refractivity contribution in [3.8, 4) is 6.07 Å². The van der Waals surface area contributed by atoms with Crippen LogP contribution in [0.15, 0.2) is 53.6 Å². The summed E-state index contributed by atoms with van der Waals surface area (Å²) in [7, 11) is -3.70. The van der Waals surface area contributed by atoms with E-state index >= 15 is 0 Å².